The van der Waals surface area contributed by atoms with E-state index in [4.69, 9.17) is 9.47 Å². The summed E-state index contributed by atoms with van der Waals surface area (Å²) in [6, 6.07) is 4.30. The Labute approximate surface area is 158 Å². The fourth-order valence-corrected chi connectivity index (χ4v) is 3.57. The quantitative estimate of drug-likeness (QED) is 0.428. The molecule has 1 unspecified atom stereocenters. The molecule has 0 spiro atoms. The Kier molecular flexibility index (Phi) is 7.87. The highest BCUT2D eigenvalue weighted by Gasteiger charge is 2.21. The predicted molar refractivity (Wildman–Crippen MR) is 105 cm³/mol. The summed E-state index contributed by atoms with van der Waals surface area (Å²) < 4.78 is 11.1. The van der Waals surface area contributed by atoms with Gasteiger partial charge >= 0.3 is 0 Å². The molecule has 2 aliphatic rings. The van der Waals surface area contributed by atoms with Crippen molar-refractivity contribution >= 4 is 46.3 Å². The van der Waals surface area contributed by atoms with Crippen LogP contribution in [-0.2, 0) is 9.47 Å². The van der Waals surface area contributed by atoms with Crippen LogP contribution in [-0.4, -0.2) is 76.6 Å². The number of nitrogens with zero attached hydrogens (tertiary/aromatic N) is 3. The Morgan fingerprint density at radius 3 is 2.78 bits per heavy atom. The van der Waals surface area contributed by atoms with E-state index in [0.717, 1.165) is 38.7 Å². The number of aliphatic imine (C=N–C) groups is 1. The number of ether oxygens (including phenoxy) is 2. The van der Waals surface area contributed by atoms with E-state index in [0.29, 0.717) is 19.8 Å². The number of halogens is 1. The molecule has 1 aromatic heterocycles. The van der Waals surface area contributed by atoms with Crippen molar-refractivity contribution in [2.45, 2.75) is 6.10 Å². The molecule has 8 heteroatoms. The van der Waals surface area contributed by atoms with Crippen LogP contribution in [0.3, 0.4) is 0 Å². The molecule has 0 saturated carbocycles. The molecule has 0 aliphatic carbocycles. The summed E-state index contributed by atoms with van der Waals surface area (Å²) >= 11 is 1.80. The van der Waals surface area contributed by atoms with Gasteiger partial charge in [0.15, 0.2) is 5.96 Å². The summed E-state index contributed by atoms with van der Waals surface area (Å²) in [4.78, 5) is 9.15. The van der Waals surface area contributed by atoms with Gasteiger partial charge in [0.05, 0.1) is 30.9 Å². The van der Waals surface area contributed by atoms with E-state index in [9.17, 15) is 0 Å². The van der Waals surface area contributed by atoms with Crippen molar-refractivity contribution in [3.63, 3.8) is 0 Å². The maximum atomic E-state index is 5.66. The second-order valence-electron chi connectivity index (χ2n) is 5.42. The first-order valence-corrected chi connectivity index (χ1v) is 8.68. The maximum absolute atomic E-state index is 5.66. The van der Waals surface area contributed by atoms with E-state index in [1.54, 1.807) is 11.3 Å². The van der Waals surface area contributed by atoms with Crippen molar-refractivity contribution < 1.29 is 9.47 Å². The van der Waals surface area contributed by atoms with Gasteiger partial charge in [-0.05, 0) is 17.5 Å². The molecule has 1 atom stereocenters. The molecule has 2 saturated heterocycles. The van der Waals surface area contributed by atoms with E-state index in [1.165, 1.54) is 5.00 Å². The smallest absolute Gasteiger partial charge is 0.193 e. The lowest BCUT2D eigenvalue weighted by Crippen LogP contribution is -2.54. The molecule has 0 bridgehead atoms. The Balaban J connectivity index is 0.00000192. The van der Waals surface area contributed by atoms with Gasteiger partial charge in [-0.2, -0.15) is 0 Å². The predicted octanol–water partition coefficient (Wildman–Crippen LogP) is 1.48. The molecule has 0 aromatic carbocycles. The Morgan fingerprint density at radius 1 is 1.35 bits per heavy atom. The standard InChI is InChI=1S/C15H24N4O2S.HI/c1-16-15(17-11-13-12-20-8-9-21-13)19-6-4-18(5-7-19)14-3-2-10-22-14;/h2-3,10,13H,4-9,11-12H2,1H3,(H,16,17);1H. The molecule has 3 heterocycles. The topological polar surface area (TPSA) is 49.3 Å². The van der Waals surface area contributed by atoms with Crippen molar-refractivity contribution in [2.75, 3.05) is 64.5 Å². The van der Waals surface area contributed by atoms with E-state index in [2.05, 4.69) is 37.6 Å². The molecule has 1 N–H and O–H groups in total. The molecule has 2 fully saturated rings. The lowest BCUT2D eigenvalue weighted by Gasteiger charge is -2.37. The van der Waals surface area contributed by atoms with Gasteiger partial charge in [-0.1, -0.05) is 0 Å². The molecule has 0 amide bonds. The molecule has 23 heavy (non-hydrogen) atoms. The van der Waals surface area contributed by atoms with E-state index in [1.807, 2.05) is 7.05 Å². The number of nitrogens with one attached hydrogen (secondary N) is 1. The fourth-order valence-electron chi connectivity index (χ4n) is 2.78. The average Bonchev–Trinajstić information content (AvgIpc) is 3.11. The summed E-state index contributed by atoms with van der Waals surface area (Å²) in [5.41, 5.74) is 0. The molecular weight excluding hydrogens is 427 g/mol. The zero-order chi connectivity index (χ0) is 15.2. The lowest BCUT2D eigenvalue weighted by molar-refractivity contribution is -0.0851. The van der Waals surface area contributed by atoms with Crippen LogP contribution in [0.1, 0.15) is 0 Å². The third-order valence-electron chi connectivity index (χ3n) is 3.98. The number of anilines is 1. The van der Waals surface area contributed by atoms with Crippen LogP contribution < -0.4 is 10.2 Å². The Bertz CT molecular complexity index is 472. The SMILES string of the molecule is CN=C(NCC1COCCO1)N1CCN(c2cccs2)CC1.I. The van der Waals surface area contributed by atoms with Crippen LogP contribution in [0.5, 0.6) is 0 Å². The van der Waals surface area contributed by atoms with Crippen molar-refractivity contribution in [3.8, 4) is 0 Å². The number of thiophene rings is 1. The largest absolute Gasteiger partial charge is 0.376 e. The second-order valence-corrected chi connectivity index (χ2v) is 6.35. The van der Waals surface area contributed by atoms with Gasteiger partial charge in [0, 0.05) is 39.8 Å². The first-order chi connectivity index (χ1) is 10.9. The summed E-state index contributed by atoms with van der Waals surface area (Å²) in [6.07, 6.45) is 0.123. The van der Waals surface area contributed by atoms with Gasteiger partial charge < -0.3 is 24.6 Å². The minimum Gasteiger partial charge on any atom is -0.376 e. The Morgan fingerprint density at radius 2 is 2.17 bits per heavy atom. The molecule has 0 radical (unpaired) electrons. The number of hydrogen-bond donors (Lipinski definition) is 1. The minimum atomic E-state index is 0. The second kappa shape index (κ2) is 9.65. The average molecular weight is 452 g/mol. The summed E-state index contributed by atoms with van der Waals surface area (Å²) in [7, 11) is 1.84. The van der Waals surface area contributed by atoms with Gasteiger partial charge in [0.1, 0.15) is 0 Å². The number of rotatable bonds is 3. The summed E-state index contributed by atoms with van der Waals surface area (Å²) in [5, 5.41) is 6.90. The lowest BCUT2D eigenvalue weighted by atomic mass is 10.3. The van der Waals surface area contributed by atoms with Crippen molar-refractivity contribution in [3.05, 3.63) is 17.5 Å². The zero-order valence-corrected chi connectivity index (χ0v) is 16.6. The molecule has 2 aliphatic heterocycles. The van der Waals surface area contributed by atoms with Gasteiger partial charge in [0.2, 0.25) is 0 Å². The highest BCUT2D eigenvalue weighted by atomic mass is 127. The number of piperazine rings is 1. The van der Waals surface area contributed by atoms with Crippen LogP contribution in [0.25, 0.3) is 0 Å². The molecule has 130 valence electrons. The number of hydrogen-bond acceptors (Lipinski definition) is 5. The minimum absolute atomic E-state index is 0. The van der Waals surface area contributed by atoms with Gasteiger partial charge in [-0.25, -0.2) is 0 Å². The van der Waals surface area contributed by atoms with Crippen molar-refractivity contribution in [2.24, 2.45) is 4.99 Å². The highest BCUT2D eigenvalue weighted by Crippen LogP contribution is 2.22. The van der Waals surface area contributed by atoms with Crippen molar-refractivity contribution in [1.29, 1.82) is 0 Å². The molecule has 6 nitrogen and oxygen atoms in total. The van der Waals surface area contributed by atoms with E-state index < -0.39 is 0 Å². The molecular formula is C15H25IN4O2S. The first kappa shape index (κ1) is 18.8. The maximum Gasteiger partial charge on any atom is 0.193 e. The van der Waals surface area contributed by atoms with Crippen LogP contribution in [0.2, 0.25) is 0 Å². The van der Waals surface area contributed by atoms with Gasteiger partial charge in [-0.15, -0.1) is 35.3 Å². The monoisotopic (exact) mass is 452 g/mol. The first-order valence-electron chi connectivity index (χ1n) is 7.80. The van der Waals surface area contributed by atoms with Gasteiger partial charge in [-0.3, -0.25) is 4.99 Å². The highest BCUT2D eigenvalue weighted by molar-refractivity contribution is 14.0. The third kappa shape index (κ3) is 5.20. The molecule has 1 aromatic rings. The number of guanidine groups is 1. The zero-order valence-electron chi connectivity index (χ0n) is 13.4. The fraction of sp³-hybridized carbons (Fsp3) is 0.667. The normalized spacial score (nSPS) is 22.7. The van der Waals surface area contributed by atoms with E-state index >= 15 is 0 Å². The van der Waals surface area contributed by atoms with Gasteiger partial charge in [0.25, 0.3) is 0 Å². The third-order valence-corrected chi connectivity index (χ3v) is 4.91. The summed E-state index contributed by atoms with van der Waals surface area (Å²) in [6.45, 7) is 6.84. The van der Waals surface area contributed by atoms with Crippen LogP contribution in [0, 0.1) is 0 Å². The van der Waals surface area contributed by atoms with Crippen LogP contribution >= 0.6 is 35.3 Å². The van der Waals surface area contributed by atoms with Crippen LogP contribution in [0.15, 0.2) is 22.5 Å². The van der Waals surface area contributed by atoms with Crippen molar-refractivity contribution in [1.82, 2.24) is 10.2 Å². The van der Waals surface area contributed by atoms with E-state index in [-0.39, 0.29) is 30.1 Å². The Hall–Kier alpha value is -0.580. The molecule has 3 rings (SSSR count). The summed E-state index contributed by atoms with van der Waals surface area (Å²) in [5.74, 6) is 0.958. The van der Waals surface area contributed by atoms with Crippen LogP contribution in [0.4, 0.5) is 5.00 Å².